The Bertz CT molecular complexity index is 340. The number of halogens is 3. The molecule has 0 aliphatic heterocycles. The lowest BCUT2D eigenvalue weighted by Gasteiger charge is -2.20. The molecule has 16 heavy (non-hydrogen) atoms. The molecular weight excluding hydrogens is 245 g/mol. The second-order valence-electron chi connectivity index (χ2n) is 3.12. The normalized spacial score (nSPS) is 12.0. The van der Waals surface area contributed by atoms with Crippen LogP contribution in [-0.4, -0.2) is 40.2 Å². The Morgan fingerprint density at radius 1 is 1.56 bits per heavy atom. The molecule has 0 saturated carbocycles. The zero-order valence-corrected chi connectivity index (χ0v) is 8.88. The van der Waals surface area contributed by atoms with E-state index in [1.165, 1.54) is 23.0 Å². The standard InChI is InChI=1S/C8H9F3N2O2S/c9-8(10,11)4-13(3-7(14)15)2-6-1-12-5-16-6/h1,5H,2-4H2,(H,14,15). The number of hydrogen-bond donors (Lipinski definition) is 1. The van der Waals surface area contributed by atoms with E-state index >= 15 is 0 Å². The number of nitrogens with zero attached hydrogens (tertiary/aromatic N) is 2. The number of rotatable bonds is 5. The first kappa shape index (κ1) is 12.9. The van der Waals surface area contributed by atoms with E-state index in [9.17, 15) is 18.0 Å². The van der Waals surface area contributed by atoms with Gasteiger partial charge in [-0.05, 0) is 0 Å². The largest absolute Gasteiger partial charge is 0.480 e. The summed E-state index contributed by atoms with van der Waals surface area (Å²) in [5.74, 6) is -1.28. The SMILES string of the molecule is O=C(O)CN(Cc1cncs1)CC(F)(F)F. The zero-order chi connectivity index (χ0) is 12.2. The van der Waals surface area contributed by atoms with Gasteiger partial charge in [-0.1, -0.05) is 0 Å². The zero-order valence-electron chi connectivity index (χ0n) is 8.07. The molecule has 1 aromatic rings. The number of hydrogen-bond acceptors (Lipinski definition) is 4. The van der Waals surface area contributed by atoms with Crippen molar-refractivity contribution in [1.29, 1.82) is 0 Å². The predicted molar refractivity (Wildman–Crippen MR) is 51.1 cm³/mol. The lowest BCUT2D eigenvalue weighted by molar-refractivity contribution is -0.154. The summed E-state index contributed by atoms with van der Waals surface area (Å²) in [7, 11) is 0. The lowest BCUT2D eigenvalue weighted by Crippen LogP contribution is -2.37. The molecule has 0 amide bonds. The molecule has 1 heterocycles. The van der Waals surface area contributed by atoms with Crippen molar-refractivity contribution >= 4 is 17.3 Å². The Labute approximate surface area is 93.3 Å². The highest BCUT2D eigenvalue weighted by Crippen LogP contribution is 2.18. The van der Waals surface area contributed by atoms with Crippen molar-refractivity contribution in [3.8, 4) is 0 Å². The van der Waals surface area contributed by atoms with Gasteiger partial charge in [0.15, 0.2) is 0 Å². The van der Waals surface area contributed by atoms with E-state index in [4.69, 9.17) is 5.11 Å². The second kappa shape index (κ2) is 5.26. The molecule has 90 valence electrons. The van der Waals surface area contributed by atoms with Gasteiger partial charge in [0, 0.05) is 17.6 Å². The average Bonchev–Trinajstić information content (AvgIpc) is 2.51. The minimum Gasteiger partial charge on any atom is -0.480 e. The molecule has 8 heteroatoms. The van der Waals surface area contributed by atoms with Crippen LogP contribution in [0.1, 0.15) is 4.88 Å². The maximum atomic E-state index is 12.1. The number of aliphatic carboxylic acids is 1. The molecule has 0 saturated heterocycles. The molecule has 1 rings (SSSR count). The van der Waals surface area contributed by atoms with Gasteiger partial charge in [0.2, 0.25) is 0 Å². The Morgan fingerprint density at radius 2 is 2.25 bits per heavy atom. The van der Waals surface area contributed by atoms with Gasteiger partial charge in [0.05, 0.1) is 18.6 Å². The van der Waals surface area contributed by atoms with Crippen LogP contribution in [0, 0.1) is 0 Å². The lowest BCUT2D eigenvalue weighted by atomic mass is 10.4. The van der Waals surface area contributed by atoms with Crippen molar-refractivity contribution in [2.75, 3.05) is 13.1 Å². The molecule has 0 bridgehead atoms. The molecule has 1 aromatic heterocycles. The number of thiazole rings is 1. The first-order valence-corrected chi connectivity index (χ1v) is 5.13. The van der Waals surface area contributed by atoms with Gasteiger partial charge in [0.25, 0.3) is 0 Å². The summed E-state index contributed by atoms with van der Waals surface area (Å²) in [6, 6.07) is 0. The number of carboxylic acid groups (broad SMARTS) is 1. The van der Waals surface area contributed by atoms with Crippen molar-refractivity contribution in [3.05, 3.63) is 16.6 Å². The van der Waals surface area contributed by atoms with Crippen molar-refractivity contribution in [2.24, 2.45) is 0 Å². The molecule has 0 aliphatic carbocycles. The van der Waals surface area contributed by atoms with Crippen LogP contribution in [0.5, 0.6) is 0 Å². The van der Waals surface area contributed by atoms with Gasteiger partial charge in [-0.15, -0.1) is 11.3 Å². The highest BCUT2D eigenvalue weighted by Gasteiger charge is 2.31. The summed E-state index contributed by atoms with van der Waals surface area (Å²) in [4.78, 5) is 15.5. The van der Waals surface area contributed by atoms with Crippen LogP contribution in [0.2, 0.25) is 0 Å². The first-order chi connectivity index (χ1) is 7.37. The van der Waals surface area contributed by atoms with Crippen LogP contribution in [0.3, 0.4) is 0 Å². The Morgan fingerprint density at radius 3 is 2.69 bits per heavy atom. The van der Waals surface area contributed by atoms with Crippen molar-refractivity contribution in [2.45, 2.75) is 12.7 Å². The Kier molecular flexibility index (Phi) is 4.25. The first-order valence-electron chi connectivity index (χ1n) is 4.25. The molecule has 0 fully saturated rings. The van der Waals surface area contributed by atoms with Gasteiger partial charge in [-0.25, -0.2) is 0 Å². The third kappa shape index (κ3) is 5.08. The van der Waals surface area contributed by atoms with Gasteiger partial charge >= 0.3 is 12.1 Å². The predicted octanol–water partition coefficient (Wildman–Crippen LogP) is 1.59. The van der Waals surface area contributed by atoms with Crippen LogP contribution in [0.25, 0.3) is 0 Å². The van der Waals surface area contributed by atoms with Gasteiger partial charge in [-0.3, -0.25) is 14.7 Å². The maximum absolute atomic E-state index is 12.1. The van der Waals surface area contributed by atoms with E-state index in [0.29, 0.717) is 4.88 Å². The second-order valence-corrected chi connectivity index (χ2v) is 4.09. The van der Waals surface area contributed by atoms with E-state index in [1.807, 2.05) is 0 Å². The van der Waals surface area contributed by atoms with Crippen LogP contribution in [0.15, 0.2) is 11.7 Å². The number of carbonyl (C=O) groups is 1. The molecule has 0 aromatic carbocycles. The quantitative estimate of drug-likeness (QED) is 0.867. The van der Waals surface area contributed by atoms with Crippen molar-refractivity contribution < 1.29 is 23.1 Å². The Balaban J connectivity index is 2.60. The van der Waals surface area contributed by atoms with E-state index in [0.717, 1.165) is 4.90 Å². The smallest absolute Gasteiger partial charge is 0.401 e. The molecular formula is C8H9F3N2O2S. The summed E-state index contributed by atoms with van der Waals surface area (Å²) in [5.41, 5.74) is 1.49. The van der Waals surface area contributed by atoms with Crippen molar-refractivity contribution in [1.82, 2.24) is 9.88 Å². The Hall–Kier alpha value is -1.15. The maximum Gasteiger partial charge on any atom is 0.401 e. The average molecular weight is 254 g/mol. The molecule has 1 N–H and O–H groups in total. The fourth-order valence-corrected chi connectivity index (χ4v) is 1.79. The van der Waals surface area contributed by atoms with E-state index in [2.05, 4.69) is 4.98 Å². The van der Waals surface area contributed by atoms with E-state index in [-0.39, 0.29) is 6.54 Å². The van der Waals surface area contributed by atoms with Crippen LogP contribution in [0.4, 0.5) is 13.2 Å². The van der Waals surface area contributed by atoms with Crippen molar-refractivity contribution in [3.63, 3.8) is 0 Å². The highest BCUT2D eigenvalue weighted by atomic mass is 32.1. The third-order valence-corrected chi connectivity index (χ3v) is 2.39. The fourth-order valence-electron chi connectivity index (χ4n) is 1.15. The summed E-state index contributed by atoms with van der Waals surface area (Å²) in [6.07, 6.45) is -2.98. The summed E-state index contributed by atoms with van der Waals surface area (Å²) >= 11 is 1.19. The van der Waals surface area contributed by atoms with E-state index in [1.54, 1.807) is 0 Å². The monoisotopic (exact) mass is 254 g/mol. The molecule has 0 atom stereocenters. The fraction of sp³-hybridized carbons (Fsp3) is 0.500. The van der Waals surface area contributed by atoms with Crippen LogP contribution in [-0.2, 0) is 11.3 Å². The summed E-state index contributed by atoms with van der Waals surface area (Å²) < 4.78 is 36.4. The minimum absolute atomic E-state index is 0.0591. The van der Waals surface area contributed by atoms with Gasteiger partial charge in [-0.2, -0.15) is 13.2 Å². The van der Waals surface area contributed by atoms with E-state index < -0.39 is 25.2 Å². The summed E-state index contributed by atoms with van der Waals surface area (Å²) in [6.45, 7) is -1.94. The molecule has 0 radical (unpaired) electrons. The third-order valence-electron chi connectivity index (χ3n) is 1.62. The van der Waals surface area contributed by atoms with Crippen LogP contribution < -0.4 is 0 Å². The van der Waals surface area contributed by atoms with Gasteiger partial charge in [0.1, 0.15) is 0 Å². The van der Waals surface area contributed by atoms with Crippen LogP contribution >= 0.6 is 11.3 Å². The molecule has 0 aliphatic rings. The number of aromatic nitrogens is 1. The topological polar surface area (TPSA) is 53.4 Å². The summed E-state index contributed by atoms with van der Waals surface area (Å²) in [5, 5.41) is 8.49. The molecule has 4 nitrogen and oxygen atoms in total. The van der Waals surface area contributed by atoms with Gasteiger partial charge < -0.3 is 5.11 Å². The number of alkyl halides is 3. The molecule has 0 spiro atoms. The molecule has 0 unspecified atom stereocenters. The highest BCUT2D eigenvalue weighted by molar-refractivity contribution is 7.09. The number of carboxylic acids is 1. The minimum atomic E-state index is -4.40.